The highest BCUT2D eigenvalue weighted by atomic mass is 32.1. The Morgan fingerprint density at radius 3 is 2.38 bits per heavy atom. The van der Waals surface area contributed by atoms with Gasteiger partial charge in [0.2, 0.25) is 5.91 Å². The monoisotopic (exact) mass is 372 g/mol. The van der Waals surface area contributed by atoms with Crippen LogP contribution in [0.4, 0.5) is 11.4 Å². The number of thiophene rings is 1. The lowest BCUT2D eigenvalue weighted by Crippen LogP contribution is -2.21. The van der Waals surface area contributed by atoms with Crippen molar-refractivity contribution in [1.29, 1.82) is 0 Å². The van der Waals surface area contributed by atoms with Crippen molar-refractivity contribution >= 4 is 40.5 Å². The molecule has 3 rings (SSSR count). The predicted molar refractivity (Wildman–Crippen MR) is 101 cm³/mol. The fraction of sp³-hybridized carbons (Fsp3) is 0.316. The number of ether oxygens (including phenoxy) is 1. The molecule has 1 aliphatic rings. The van der Waals surface area contributed by atoms with Gasteiger partial charge in [-0.3, -0.25) is 9.59 Å². The molecule has 2 amide bonds. The number of carbonyl (C=O) groups excluding carboxylic acids is 3. The van der Waals surface area contributed by atoms with Gasteiger partial charge in [0.25, 0.3) is 5.91 Å². The van der Waals surface area contributed by atoms with Crippen LogP contribution in [0, 0.1) is 0 Å². The molecule has 0 unspecified atom stereocenters. The van der Waals surface area contributed by atoms with Crippen LogP contribution >= 0.6 is 11.3 Å². The molecule has 136 valence electrons. The highest BCUT2D eigenvalue weighted by molar-refractivity contribution is 7.10. The molecule has 0 saturated heterocycles. The zero-order valence-electron chi connectivity index (χ0n) is 14.5. The molecule has 26 heavy (non-hydrogen) atoms. The third-order valence-electron chi connectivity index (χ3n) is 4.10. The maximum atomic E-state index is 12.2. The molecule has 0 saturated carbocycles. The van der Waals surface area contributed by atoms with Crippen molar-refractivity contribution < 1.29 is 19.1 Å². The Labute approximate surface area is 155 Å². The molecule has 1 aromatic carbocycles. The van der Waals surface area contributed by atoms with Crippen molar-refractivity contribution in [1.82, 2.24) is 0 Å². The van der Waals surface area contributed by atoms with Crippen LogP contribution < -0.4 is 10.6 Å². The van der Waals surface area contributed by atoms with Crippen LogP contribution in [0.25, 0.3) is 0 Å². The summed E-state index contributed by atoms with van der Waals surface area (Å²) in [7, 11) is 0. The van der Waals surface area contributed by atoms with Gasteiger partial charge in [-0.1, -0.05) is 0 Å². The lowest BCUT2D eigenvalue weighted by molar-refractivity contribution is -0.119. The van der Waals surface area contributed by atoms with Gasteiger partial charge >= 0.3 is 5.97 Å². The summed E-state index contributed by atoms with van der Waals surface area (Å²) in [5.41, 5.74) is 2.88. The molecule has 0 fully saturated rings. The second kappa shape index (κ2) is 8.14. The zero-order chi connectivity index (χ0) is 18.5. The smallest absolute Gasteiger partial charge is 0.339 e. The largest absolute Gasteiger partial charge is 0.452 e. The van der Waals surface area contributed by atoms with Crippen LogP contribution in [0.2, 0.25) is 0 Å². The molecule has 0 spiro atoms. The fourth-order valence-electron chi connectivity index (χ4n) is 2.91. The maximum absolute atomic E-state index is 12.2. The third-order valence-corrected chi connectivity index (χ3v) is 5.19. The maximum Gasteiger partial charge on any atom is 0.339 e. The lowest BCUT2D eigenvalue weighted by atomic mass is 9.96. The highest BCUT2D eigenvalue weighted by Gasteiger charge is 2.21. The molecule has 0 bridgehead atoms. The minimum absolute atomic E-state index is 0.163. The first-order valence-corrected chi connectivity index (χ1v) is 9.35. The van der Waals surface area contributed by atoms with Crippen molar-refractivity contribution in [3.05, 3.63) is 45.6 Å². The zero-order valence-corrected chi connectivity index (χ0v) is 15.3. The summed E-state index contributed by atoms with van der Waals surface area (Å²) in [6.07, 6.45) is 4.16. The van der Waals surface area contributed by atoms with Crippen LogP contribution in [-0.2, 0) is 27.2 Å². The number of esters is 1. The molecular formula is C19H20N2O4S. The van der Waals surface area contributed by atoms with Gasteiger partial charge in [0.15, 0.2) is 6.61 Å². The van der Waals surface area contributed by atoms with E-state index < -0.39 is 11.9 Å². The van der Waals surface area contributed by atoms with Crippen LogP contribution in [0.5, 0.6) is 0 Å². The van der Waals surface area contributed by atoms with Crippen LogP contribution in [0.3, 0.4) is 0 Å². The number of rotatable bonds is 5. The first-order valence-electron chi connectivity index (χ1n) is 8.47. The highest BCUT2D eigenvalue weighted by Crippen LogP contribution is 2.30. The van der Waals surface area contributed by atoms with Crippen molar-refractivity contribution in [3.8, 4) is 0 Å². The molecule has 1 aromatic heterocycles. The van der Waals surface area contributed by atoms with E-state index in [4.69, 9.17) is 4.74 Å². The van der Waals surface area contributed by atoms with Crippen LogP contribution in [0.1, 0.15) is 40.6 Å². The molecule has 1 aliphatic carbocycles. The molecule has 2 aromatic rings. The Hall–Kier alpha value is -2.67. The van der Waals surface area contributed by atoms with E-state index in [0.29, 0.717) is 16.9 Å². The summed E-state index contributed by atoms with van der Waals surface area (Å²) >= 11 is 1.59. The van der Waals surface area contributed by atoms with E-state index in [1.165, 1.54) is 11.8 Å². The van der Waals surface area contributed by atoms with Gasteiger partial charge in [-0.2, -0.15) is 0 Å². The fourth-order valence-corrected chi connectivity index (χ4v) is 4.03. The van der Waals surface area contributed by atoms with Crippen molar-refractivity contribution in [2.45, 2.75) is 32.6 Å². The standard InChI is InChI=1S/C19H20N2O4S/c1-12(22)20-13-6-8-14(9-7-13)21-18(23)10-25-19(24)16-11-26-17-5-3-2-4-15(16)17/h6-9,11H,2-5,10H2,1H3,(H,20,22)(H,21,23). The first kappa shape index (κ1) is 18.1. The minimum Gasteiger partial charge on any atom is -0.452 e. The molecule has 0 aliphatic heterocycles. The SMILES string of the molecule is CC(=O)Nc1ccc(NC(=O)COC(=O)c2csc3c2CCCC3)cc1. The Balaban J connectivity index is 1.51. The Morgan fingerprint density at radius 1 is 1.04 bits per heavy atom. The number of nitrogens with one attached hydrogen (secondary N) is 2. The number of benzene rings is 1. The Bertz CT molecular complexity index is 827. The number of fused-ring (bicyclic) bond motifs is 1. The topological polar surface area (TPSA) is 84.5 Å². The normalized spacial score (nSPS) is 12.8. The second-order valence-electron chi connectivity index (χ2n) is 6.14. The van der Waals surface area contributed by atoms with E-state index in [1.54, 1.807) is 35.6 Å². The molecular weight excluding hydrogens is 352 g/mol. The molecule has 0 radical (unpaired) electrons. The summed E-state index contributed by atoms with van der Waals surface area (Å²) in [5, 5.41) is 7.14. The van der Waals surface area contributed by atoms with E-state index in [-0.39, 0.29) is 12.5 Å². The first-order chi connectivity index (χ1) is 12.5. The average Bonchev–Trinajstić information content (AvgIpc) is 3.05. The molecule has 7 heteroatoms. The van der Waals surface area contributed by atoms with Gasteiger partial charge in [0, 0.05) is 28.6 Å². The van der Waals surface area contributed by atoms with E-state index in [9.17, 15) is 14.4 Å². The summed E-state index contributed by atoms with van der Waals surface area (Å²) < 4.78 is 5.16. The van der Waals surface area contributed by atoms with Crippen molar-refractivity contribution in [2.24, 2.45) is 0 Å². The third kappa shape index (κ3) is 4.49. The molecule has 2 N–H and O–H groups in total. The van der Waals surface area contributed by atoms with Gasteiger partial charge in [-0.05, 0) is 55.5 Å². The van der Waals surface area contributed by atoms with E-state index in [0.717, 1.165) is 31.2 Å². The number of hydrogen-bond donors (Lipinski definition) is 2. The number of anilines is 2. The van der Waals surface area contributed by atoms with Gasteiger partial charge in [0.05, 0.1) is 5.56 Å². The molecule has 0 atom stereocenters. The summed E-state index contributed by atoms with van der Waals surface area (Å²) in [5.74, 6) is -1.01. The molecule has 6 nitrogen and oxygen atoms in total. The van der Waals surface area contributed by atoms with Gasteiger partial charge in [0.1, 0.15) is 0 Å². The van der Waals surface area contributed by atoms with Crippen LogP contribution in [0.15, 0.2) is 29.6 Å². The summed E-state index contributed by atoms with van der Waals surface area (Å²) in [6.45, 7) is 1.09. The van der Waals surface area contributed by atoms with Crippen LogP contribution in [-0.4, -0.2) is 24.4 Å². The van der Waals surface area contributed by atoms with E-state index >= 15 is 0 Å². The van der Waals surface area contributed by atoms with Gasteiger partial charge in [-0.25, -0.2) is 4.79 Å². The van der Waals surface area contributed by atoms with Crippen molar-refractivity contribution in [2.75, 3.05) is 17.2 Å². The number of hydrogen-bond acceptors (Lipinski definition) is 5. The quantitative estimate of drug-likeness (QED) is 0.788. The summed E-state index contributed by atoms with van der Waals surface area (Å²) in [4.78, 5) is 36.5. The lowest BCUT2D eigenvalue weighted by Gasteiger charge is -2.12. The van der Waals surface area contributed by atoms with Gasteiger partial charge in [-0.15, -0.1) is 11.3 Å². The van der Waals surface area contributed by atoms with E-state index in [2.05, 4.69) is 10.6 Å². The molecule has 1 heterocycles. The minimum atomic E-state index is -0.444. The Morgan fingerprint density at radius 2 is 1.69 bits per heavy atom. The number of carbonyl (C=O) groups is 3. The Kier molecular flexibility index (Phi) is 5.68. The van der Waals surface area contributed by atoms with Crippen molar-refractivity contribution in [3.63, 3.8) is 0 Å². The summed E-state index contributed by atoms with van der Waals surface area (Å²) in [6, 6.07) is 6.70. The number of amides is 2. The average molecular weight is 372 g/mol. The number of aryl methyl sites for hydroxylation is 1. The predicted octanol–water partition coefficient (Wildman–Crippen LogP) is 3.38. The van der Waals surface area contributed by atoms with Gasteiger partial charge < -0.3 is 15.4 Å². The second-order valence-corrected chi connectivity index (χ2v) is 7.11. The van der Waals surface area contributed by atoms with E-state index in [1.807, 2.05) is 5.38 Å².